The van der Waals surface area contributed by atoms with E-state index in [1.165, 1.54) is 5.56 Å². The van der Waals surface area contributed by atoms with Gasteiger partial charge in [-0.05, 0) is 40.2 Å². The molecule has 3 nitrogen and oxygen atoms in total. The zero-order valence-electron chi connectivity index (χ0n) is 9.87. The van der Waals surface area contributed by atoms with E-state index in [4.69, 9.17) is 10.5 Å². The molecule has 0 spiro atoms. The predicted octanol–water partition coefficient (Wildman–Crippen LogP) is 2.24. The van der Waals surface area contributed by atoms with Crippen LogP contribution < -0.4 is 10.5 Å². The van der Waals surface area contributed by atoms with E-state index < -0.39 is 0 Å². The van der Waals surface area contributed by atoms with Gasteiger partial charge in [-0.1, -0.05) is 13.0 Å². The number of nitrogens with zero attached hydrogens (tertiary/aromatic N) is 1. The van der Waals surface area contributed by atoms with Crippen LogP contribution in [0.5, 0.6) is 5.75 Å². The Balaban J connectivity index is 2.69. The van der Waals surface area contributed by atoms with E-state index in [1.807, 2.05) is 6.07 Å². The van der Waals surface area contributed by atoms with Crippen molar-refractivity contribution in [3.8, 4) is 5.75 Å². The van der Waals surface area contributed by atoms with Gasteiger partial charge in [-0.3, -0.25) is 4.90 Å². The summed E-state index contributed by atoms with van der Waals surface area (Å²) in [5.41, 5.74) is 6.83. The highest BCUT2D eigenvalue weighted by molar-refractivity contribution is 9.10. The minimum absolute atomic E-state index is 0.700. The third-order valence-electron chi connectivity index (χ3n) is 2.51. The van der Waals surface area contributed by atoms with Crippen LogP contribution in [0.3, 0.4) is 0 Å². The number of rotatable bonds is 6. The van der Waals surface area contributed by atoms with Crippen molar-refractivity contribution < 1.29 is 4.74 Å². The maximum Gasteiger partial charge on any atom is 0.133 e. The van der Waals surface area contributed by atoms with E-state index in [0.717, 1.165) is 29.9 Å². The second-order valence-electron chi connectivity index (χ2n) is 3.63. The summed E-state index contributed by atoms with van der Waals surface area (Å²) >= 11 is 3.49. The Bertz CT molecular complexity index is 331. The molecule has 0 bridgehead atoms. The molecule has 0 aliphatic rings. The summed E-state index contributed by atoms with van der Waals surface area (Å²) in [6, 6.07) is 6.16. The van der Waals surface area contributed by atoms with Crippen molar-refractivity contribution in [2.45, 2.75) is 13.5 Å². The zero-order valence-corrected chi connectivity index (χ0v) is 11.5. The normalized spacial score (nSPS) is 10.8. The number of halogens is 1. The monoisotopic (exact) mass is 286 g/mol. The van der Waals surface area contributed by atoms with Gasteiger partial charge in [0.1, 0.15) is 5.75 Å². The van der Waals surface area contributed by atoms with Gasteiger partial charge in [0.25, 0.3) is 0 Å². The maximum absolute atomic E-state index is 5.56. The first-order chi connectivity index (χ1) is 7.71. The van der Waals surface area contributed by atoms with Crippen molar-refractivity contribution in [3.05, 3.63) is 28.2 Å². The number of ether oxygens (including phenoxy) is 1. The molecule has 0 aromatic heterocycles. The fourth-order valence-corrected chi connectivity index (χ4v) is 2.19. The van der Waals surface area contributed by atoms with Gasteiger partial charge in [0.05, 0.1) is 11.6 Å². The molecule has 0 atom stereocenters. The largest absolute Gasteiger partial charge is 0.496 e. The number of methoxy groups -OCH3 is 1. The fourth-order valence-electron chi connectivity index (χ4n) is 1.60. The van der Waals surface area contributed by atoms with E-state index in [-0.39, 0.29) is 0 Å². The summed E-state index contributed by atoms with van der Waals surface area (Å²) < 4.78 is 6.19. The lowest BCUT2D eigenvalue weighted by atomic mass is 10.2. The van der Waals surface area contributed by atoms with Crippen molar-refractivity contribution in [1.29, 1.82) is 0 Å². The first kappa shape index (κ1) is 13.5. The first-order valence-corrected chi connectivity index (χ1v) is 6.25. The highest BCUT2D eigenvalue weighted by Gasteiger charge is 2.05. The molecule has 1 aromatic rings. The molecular weight excluding hydrogens is 268 g/mol. The van der Waals surface area contributed by atoms with Gasteiger partial charge < -0.3 is 10.5 Å². The van der Waals surface area contributed by atoms with Crippen LogP contribution in [0, 0.1) is 0 Å². The second kappa shape index (κ2) is 6.89. The third kappa shape index (κ3) is 3.77. The van der Waals surface area contributed by atoms with Crippen LogP contribution in [0.2, 0.25) is 0 Å². The molecule has 0 radical (unpaired) electrons. The van der Waals surface area contributed by atoms with Crippen molar-refractivity contribution in [3.63, 3.8) is 0 Å². The van der Waals surface area contributed by atoms with E-state index >= 15 is 0 Å². The standard InChI is InChI=1S/C12H19BrN2O/c1-3-15(7-6-14)9-10-4-5-12(16-2)11(13)8-10/h4-5,8H,3,6-7,9,14H2,1-2H3. The summed E-state index contributed by atoms with van der Waals surface area (Å²) in [5, 5.41) is 0. The number of benzene rings is 1. The van der Waals surface area contributed by atoms with Crippen molar-refractivity contribution in [1.82, 2.24) is 4.90 Å². The average Bonchev–Trinajstić information content (AvgIpc) is 2.28. The van der Waals surface area contributed by atoms with Gasteiger partial charge in [-0.2, -0.15) is 0 Å². The van der Waals surface area contributed by atoms with Crippen LogP contribution >= 0.6 is 15.9 Å². The number of hydrogen-bond donors (Lipinski definition) is 1. The van der Waals surface area contributed by atoms with Gasteiger partial charge in [0.2, 0.25) is 0 Å². The third-order valence-corrected chi connectivity index (χ3v) is 3.13. The average molecular weight is 287 g/mol. The molecule has 1 aromatic carbocycles. The summed E-state index contributed by atoms with van der Waals surface area (Å²) in [6.07, 6.45) is 0. The van der Waals surface area contributed by atoms with E-state index in [0.29, 0.717) is 6.54 Å². The van der Waals surface area contributed by atoms with Crippen LogP contribution in [0.15, 0.2) is 22.7 Å². The molecule has 0 unspecified atom stereocenters. The lowest BCUT2D eigenvalue weighted by Crippen LogP contribution is -2.28. The molecule has 0 amide bonds. The Hall–Kier alpha value is -0.580. The zero-order chi connectivity index (χ0) is 12.0. The SMILES string of the molecule is CCN(CCN)Cc1ccc(OC)c(Br)c1. The summed E-state index contributed by atoms with van der Waals surface area (Å²) in [4.78, 5) is 2.31. The first-order valence-electron chi connectivity index (χ1n) is 5.46. The minimum atomic E-state index is 0.700. The van der Waals surface area contributed by atoms with Gasteiger partial charge in [0.15, 0.2) is 0 Å². The Morgan fingerprint density at radius 3 is 2.69 bits per heavy atom. The van der Waals surface area contributed by atoms with Crippen LogP contribution in [0.25, 0.3) is 0 Å². The Kier molecular flexibility index (Phi) is 5.80. The van der Waals surface area contributed by atoms with Crippen LogP contribution in [-0.4, -0.2) is 31.6 Å². The molecular formula is C12H19BrN2O. The Morgan fingerprint density at radius 2 is 2.19 bits per heavy atom. The van der Waals surface area contributed by atoms with E-state index in [9.17, 15) is 0 Å². The highest BCUT2D eigenvalue weighted by Crippen LogP contribution is 2.25. The second-order valence-corrected chi connectivity index (χ2v) is 4.48. The maximum atomic E-state index is 5.56. The van der Waals surface area contributed by atoms with Gasteiger partial charge >= 0.3 is 0 Å². The van der Waals surface area contributed by atoms with Crippen LogP contribution in [-0.2, 0) is 6.54 Å². The number of likely N-dealkylation sites (N-methyl/N-ethyl adjacent to an activating group) is 1. The molecule has 0 heterocycles. The molecule has 16 heavy (non-hydrogen) atoms. The summed E-state index contributed by atoms with van der Waals surface area (Å²) in [5.74, 6) is 0.866. The molecule has 90 valence electrons. The molecule has 2 N–H and O–H groups in total. The minimum Gasteiger partial charge on any atom is -0.496 e. The molecule has 0 aliphatic carbocycles. The number of hydrogen-bond acceptors (Lipinski definition) is 3. The quantitative estimate of drug-likeness (QED) is 0.872. The molecule has 1 rings (SSSR count). The molecule has 0 saturated heterocycles. The fraction of sp³-hybridized carbons (Fsp3) is 0.500. The lowest BCUT2D eigenvalue weighted by Gasteiger charge is -2.19. The van der Waals surface area contributed by atoms with Crippen molar-refractivity contribution in [2.24, 2.45) is 5.73 Å². The van der Waals surface area contributed by atoms with Crippen LogP contribution in [0.1, 0.15) is 12.5 Å². The van der Waals surface area contributed by atoms with Crippen LogP contribution in [0.4, 0.5) is 0 Å². The topological polar surface area (TPSA) is 38.5 Å². The molecule has 0 fully saturated rings. The van der Waals surface area contributed by atoms with Gasteiger partial charge in [-0.15, -0.1) is 0 Å². The Morgan fingerprint density at radius 1 is 1.44 bits per heavy atom. The number of nitrogens with two attached hydrogens (primary N) is 1. The van der Waals surface area contributed by atoms with Gasteiger partial charge in [-0.25, -0.2) is 0 Å². The summed E-state index contributed by atoms with van der Waals surface area (Å²) in [6.45, 7) is 5.72. The van der Waals surface area contributed by atoms with Crippen molar-refractivity contribution >= 4 is 15.9 Å². The summed E-state index contributed by atoms with van der Waals surface area (Å²) in [7, 11) is 1.67. The smallest absolute Gasteiger partial charge is 0.133 e. The van der Waals surface area contributed by atoms with E-state index in [1.54, 1.807) is 7.11 Å². The highest BCUT2D eigenvalue weighted by atomic mass is 79.9. The predicted molar refractivity (Wildman–Crippen MR) is 70.7 cm³/mol. The van der Waals surface area contributed by atoms with Gasteiger partial charge in [0, 0.05) is 19.6 Å². The van der Waals surface area contributed by atoms with E-state index in [2.05, 4.69) is 39.9 Å². The molecule has 0 aliphatic heterocycles. The molecule has 0 saturated carbocycles. The molecule has 4 heteroatoms. The Labute approximate surface area is 106 Å². The lowest BCUT2D eigenvalue weighted by molar-refractivity contribution is 0.288. The van der Waals surface area contributed by atoms with Crippen molar-refractivity contribution in [2.75, 3.05) is 26.7 Å².